The average molecular weight is 323 g/mol. The Morgan fingerprint density at radius 3 is 2.68 bits per heavy atom. The Morgan fingerprint density at radius 1 is 1.16 bits per heavy atom. The summed E-state index contributed by atoms with van der Waals surface area (Å²) >= 11 is 3.77. The average Bonchev–Trinajstić information content (AvgIpc) is 2.93. The van der Waals surface area contributed by atoms with Gasteiger partial charge >= 0.3 is 0 Å². The maximum atomic E-state index is 3.77. The van der Waals surface area contributed by atoms with Crippen molar-refractivity contribution in [1.82, 2.24) is 5.32 Å². The number of benzene rings is 1. The number of nitrogens with one attached hydrogen (secondary N) is 1. The van der Waals surface area contributed by atoms with Crippen LogP contribution in [0.3, 0.4) is 0 Å². The Kier molecular flexibility index (Phi) is 4.44. The van der Waals surface area contributed by atoms with Crippen LogP contribution in [0.4, 0.5) is 5.69 Å². The zero-order chi connectivity index (χ0) is 13.1. The lowest BCUT2D eigenvalue weighted by Gasteiger charge is -2.30. The van der Waals surface area contributed by atoms with Crippen molar-refractivity contribution in [2.45, 2.75) is 44.6 Å². The third kappa shape index (κ3) is 3.32. The second-order valence-electron chi connectivity index (χ2n) is 5.83. The Balaban J connectivity index is 1.69. The van der Waals surface area contributed by atoms with Gasteiger partial charge in [0.1, 0.15) is 0 Å². The van der Waals surface area contributed by atoms with Crippen LogP contribution in [0.25, 0.3) is 0 Å². The summed E-state index contributed by atoms with van der Waals surface area (Å²) < 4.78 is 1.27. The van der Waals surface area contributed by atoms with E-state index >= 15 is 0 Å². The van der Waals surface area contributed by atoms with Crippen molar-refractivity contribution < 1.29 is 0 Å². The van der Waals surface area contributed by atoms with E-state index in [0.717, 1.165) is 0 Å². The second kappa shape index (κ2) is 6.27. The molecule has 1 atom stereocenters. The van der Waals surface area contributed by atoms with E-state index in [4.69, 9.17) is 0 Å². The number of halogens is 1. The van der Waals surface area contributed by atoms with E-state index in [9.17, 15) is 0 Å². The Hall–Kier alpha value is -0.540. The summed E-state index contributed by atoms with van der Waals surface area (Å²) in [6.07, 6.45) is 7.88. The minimum absolute atomic E-state index is 0.688. The van der Waals surface area contributed by atoms with Gasteiger partial charge in [0.15, 0.2) is 0 Å². The molecule has 3 heteroatoms. The van der Waals surface area contributed by atoms with Gasteiger partial charge in [-0.25, -0.2) is 0 Å². The van der Waals surface area contributed by atoms with Gasteiger partial charge in [0.25, 0.3) is 0 Å². The van der Waals surface area contributed by atoms with Crippen LogP contribution >= 0.6 is 15.9 Å². The van der Waals surface area contributed by atoms with Crippen LogP contribution in [0, 0.1) is 0 Å². The zero-order valence-electron chi connectivity index (χ0n) is 11.5. The molecular formula is C16H23BrN2. The van der Waals surface area contributed by atoms with E-state index < -0.39 is 0 Å². The smallest absolute Gasteiger partial charge is 0.0510 e. The summed E-state index contributed by atoms with van der Waals surface area (Å²) in [6, 6.07) is 7.63. The van der Waals surface area contributed by atoms with Crippen LogP contribution in [0.1, 0.15) is 37.7 Å². The van der Waals surface area contributed by atoms with Gasteiger partial charge in [-0.2, -0.15) is 0 Å². The first-order chi connectivity index (χ1) is 9.33. The van der Waals surface area contributed by atoms with Gasteiger partial charge < -0.3 is 10.2 Å². The van der Waals surface area contributed by atoms with E-state index in [2.05, 4.69) is 44.3 Å². The molecule has 2 nitrogen and oxygen atoms in total. The summed E-state index contributed by atoms with van der Waals surface area (Å²) in [7, 11) is 0. The number of rotatable bonds is 3. The molecule has 0 radical (unpaired) electrons. The number of anilines is 1. The fourth-order valence-corrected chi connectivity index (χ4v) is 3.96. The monoisotopic (exact) mass is 322 g/mol. The molecule has 2 fully saturated rings. The fraction of sp³-hybridized carbons (Fsp3) is 0.625. The van der Waals surface area contributed by atoms with Gasteiger partial charge in [0.2, 0.25) is 0 Å². The molecular weight excluding hydrogens is 300 g/mol. The molecule has 0 amide bonds. The summed E-state index contributed by atoms with van der Waals surface area (Å²) in [5, 5.41) is 3.58. The number of hydrogen-bond donors (Lipinski definition) is 1. The quantitative estimate of drug-likeness (QED) is 0.912. The van der Waals surface area contributed by atoms with Crippen LogP contribution in [-0.2, 0) is 6.42 Å². The normalized spacial score (nSPS) is 23.8. The van der Waals surface area contributed by atoms with Crippen LogP contribution in [-0.4, -0.2) is 25.7 Å². The molecule has 3 rings (SSSR count). The van der Waals surface area contributed by atoms with Crippen LogP contribution < -0.4 is 10.2 Å². The molecule has 104 valence electrons. The second-order valence-corrected chi connectivity index (χ2v) is 6.69. The first-order valence-corrected chi connectivity index (χ1v) is 8.39. The standard InChI is InChI=1S/C16H23BrN2/c17-15-12-13(11-14-5-4-8-18-14)6-7-16(15)19-9-2-1-3-10-19/h6-7,12,14,18H,1-5,8-11H2. The summed E-state index contributed by atoms with van der Waals surface area (Å²) in [5.41, 5.74) is 2.83. The molecule has 1 N–H and O–H groups in total. The minimum atomic E-state index is 0.688. The summed E-state index contributed by atoms with van der Waals surface area (Å²) in [6.45, 7) is 3.61. The third-order valence-electron chi connectivity index (χ3n) is 4.35. The summed E-state index contributed by atoms with van der Waals surface area (Å²) in [4.78, 5) is 2.52. The van der Waals surface area contributed by atoms with Gasteiger partial charge in [-0.1, -0.05) is 6.07 Å². The first kappa shape index (κ1) is 13.4. The summed E-state index contributed by atoms with van der Waals surface area (Å²) in [5.74, 6) is 0. The predicted octanol–water partition coefficient (Wildman–Crippen LogP) is 3.73. The van der Waals surface area contributed by atoms with Crippen LogP contribution in [0.5, 0.6) is 0 Å². The SMILES string of the molecule is Brc1cc(CC2CCCN2)ccc1N1CCCCC1. The van der Waals surface area contributed by atoms with Gasteiger partial charge in [0.05, 0.1) is 5.69 Å². The predicted molar refractivity (Wildman–Crippen MR) is 84.9 cm³/mol. The van der Waals surface area contributed by atoms with Gasteiger partial charge in [0, 0.05) is 23.6 Å². The Bertz CT molecular complexity index is 421. The fourth-order valence-electron chi connectivity index (χ4n) is 3.28. The van der Waals surface area contributed by atoms with Crippen LogP contribution in [0.2, 0.25) is 0 Å². The van der Waals surface area contributed by atoms with Gasteiger partial charge in [-0.3, -0.25) is 0 Å². The van der Waals surface area contributed by atoms with Crippen molar-refractivity contribution >= 4 is 21.6 Å². The highest BCUT2D eigenvalue weighted by atomic mass is 79.9. The Morgan fingerprint density at radius 2 is 2.00 bits per heavy atom. The number of hydrogen-bond acceptors (Lipinski definition) is 2. The van der Waals surface area contributed by atoms with Crippen molar-refractivity contribution in [2.24, 2.45) is 0 Å². The molecule has 1 unspecified atom stereocenters. The van der Waals surface area contributed by atoms with Crippen LogP contribution in [0.15, 0.2) is 22.7 Å². The molecule has 2 aliphatic heterocycles. The maximum Gasteiger partial charge on any atom is 0.0510 e. The van der Waals surface area contributed by atoms with E-state index in [1.54, 1.807) is 0 Å². The highest BCUT2D eigenvalue weighted by Gasteiger charge is 2.17. The Labute approximate surface area is 124 Å². The largest absolute Gasteiger partial charge is 0.371 e. The van der Waals surface area contributed by atoms with E-state index in [-0.39, 0.29) is 0 Å². The van der Waals surface area contributed by atoms with Gasteiger partial charge in [-0.15, -0.1) is 0 Å². The first-order valence-electron chi connectivity index (χ1n) is 7.60. The van der Waals surface area contributed by atoms with E-state index in [1.165, 1.54) is 73.9 Å². The lowest BCUT2D eigenvalue weighted by atomic mass is 10.0. The molecule has 0 spiro atoms. The molecule has 0 aromatic heterocycles. The molecule has 0 saturated carbocycles. The third-order valence-corrected chi connectivity index (χ3v) is 4.99. The topological polar surface area (TPSA) is 15.3 Å². The molecule has 2 heterocycles. The molecule has 2 aliphatic rings. The molecule has 2 saturated heterocycles. The van der Waals surface area contributed by atoms with E-state index in [0.29, 0.717) is 6.04 Å². The maximum absolute atomic E-state index is 3.77. The highest BCUT2D eigenvalue weighted by molar-refractivity contribution is 9.10. The molecule has 0 aliphatic carbocycles. The van der Waals surface area contributed by atoms with Crippen molar-refractivity contribution in [2.75, 3.05) is 24.5 Å². The molecule has 1 aromatic carbocycles. The number of nitrogens with zero attached hydrogens (tertiary/aromatic N) is 1. The minimum Gasteiger partial charge on any atom is -0.371 e. The number of piperidine rings is 1. The van der Waals surface area contributed by atoms with Crippen molar-refractivity contribution in [1.29, 1.82) is 0 Å². The molecule has 19 heavy (non-hydrogen) atoms. The lowest BCUT2D eigenvalue weighted by molar-refractivity contribution is 0.576. The van der Waals surface area contributed by atoms with Crippen molar-refractivity contribution in [3.8, 4) is 0 Å². The van der Waals surface area contributed by atoms with Crippen molar-refractivity contribution in [3.05, 3.63) is 28.2 Å². The van der Waals surface area contributed by atoms with Crippen molar-refractivity contribution in [3.63, 3.8) is 0 Å². The van der Waals surface area contributed by atoms with E-state index in [1.807, 2.05) is 0 Å². The van der Waals surface area contributed by atoms with Gasteiger partial charge in [-0.05, 0) is 78.7 Å². The lowest BCUT2D eigenvalue weighted by Crippen LogP contribution is -2.29. The molecule has 0 bridgehead atoms. The zero-order valence-corrected chi connectivity index (χ0v) is 13.1. The molecule has 1 aromatic rings. The highest BCUT2D eigenvalue weighted by Crippen LogP contribution is 2.30.